The molecule has 17 heavy (non-hydrogen) atoms. The number of unbranched alkanes of at least 4 members (excludes halogenated alkanes) is 1. The Bertz CT molecular complexity index is 337. The van der Waals surface area contributed by atoms with E-state index in [-0.39, 0.29) is 5.75 Å². The molecule has 0 saturated heterocycles. The number of thioether (sulfide) groups is 1. The first-order valence-electron chi connectivity index (χ1n) is 5.51. The van der Waals surface area contributed by atoms with Crippen molar-refractivity contribution in [3.63, 3.8) is 0 Å². The maximum atomic E-state index is 9.58. The summed E-state index contributed by atoms with van der Waals surface area (Å²) < 4.78 is 1.46. The lowest BCUT2D eigenvalue weighted by atomic mass is 10.2. The summed E-state index contributed by atoms with van der Waals surface area (Å²) in [5, 5.41) is 13.0. The standard InChI is InChI=1S/C12H17Br2NOS/c1-17-5-3-2-4-15-8-9-6-10(13)12(16)11(14)7-9/h6-7,15-16H,2-5,8H2,1H3. The Morgan fingerprint density at radius 3 is 2.47 bits per heavy atom. The molecular formula is C12H17Br2NOS. The van der Waals surface area contributed by atoms with Gasteiger partial charge in [0.2, 0.25) is 0 Å². The number of hydrogen-bond donors (Lipinski definition) is 2. The molecule has 2 N–H and O–H groups in total. The zero-order chi connectivity index (χ0) is 12.7. The maximum Gasteiger partial charge on any atom is 0.143 e. The predicted molar refractivity (Wildman–Crippen MR) is 82.8 cm³/mol. The van der Waals surface area contributed by atoms with Crippen molar-refractivity contribution in [2.45, 2.75) is 19.4 Å². The van der Waals surface area contributed by atoms with Gasteiger partial charge in [-0.3, -0.25) is 0 Å². The summed E-state index contributed by atoms with van der Waals surface area (Å²) in [6, 6.07) is 3.88. The molecular weight excluding hydrogens is 366 g/mol. The fourth-order valence-corrected chi connectivity index (χ4v) is 3.22. The minimum atomic E-state index is 0.258. The molecule has 1 rings (SSSR count). The Balaban J connectivity index is 2.32. The summed E-state index contributed by atoms with van der Waals surface area (Å²) in [7, 11) is 0. The van der Waals surface area contributed by atoms with Gasteiger partial charge in [0, 0.05) is 6.54 Å². The molecule has 0 amide bonds. The lowest BCUT2D eigenvalue weighted by molar-refractivity contribution is 0.468. The van der Waals surface area contributed by atoms with Crippen molar-refractivity contribution >= 4 is 43.6 Å². The van der Waals surface area contributed by atoms with Gasteiger partial charge in [0.05, 0.1) is 8.95 Å². The summed E-state index contributed by atoms with van der Waals surface area (Å²) >= 11 is 8.55. The van der Waals surface area contributed by atoms with E-state index in [1.165, 1.54) is 18.6 Å². The summed E-state index contributed by atoms with van der Waals surface area (Å²) in [6.07, 6.45) is 4.61. The van der Waals surface area contributed by atoms with Gasteiger partial charge in [0.15, 0.2) is 0 Å². The molecule has 2 nitrogen and oxygen atoms in total. The fourth-order valence-electron chi connectivity index (χ4n) is 1.45. The van der Waals surface area contributed by atoms with Gasteiger partial charge in [0.25, 0.3) is 0 Å². The zero-order valence-electron chi connectivity index (χ0n) is 9.80. The van der Waals surface area contributed by atoms with Gasteiger partial charge in [-0.05, 0) is 81.0 Å². The monoisotopic (exact) mass is 381 g/mol. The highest BCUT2D eigenvalue weighted by Crippen LogP contribution is 2.33. The van der Waals surface area contributed by atoms with Gasteiger partial charge >= 0.3 is 0 Å². The third kappa shape index (κ3) is 5.64. The van der Waals surface area contributed by atoms with E-state index in [1.807, 2.05) is 23.9 Å². The average molecular weight is 383 g/mol. The quantitative estimate of drug-likeness (QED) is 0.694. The van der Waals surface area contributed by atoms with E-state index in [0.29, 0.717) is 0 Å². The molecule has 0 heterocycles. The van der Waals surface area contributed by atoms with Crippen LogP contribution in [0.1, 0.15) is 18.4 Å². The van der Waals surface area contributed by atoms with Gasteiger partial charge < -0.3 is 10.4 Å². The summed E-state index contributed by atoms with van der Waals surface area (Å²) in [6.45, 7) is 1.87. The SMILES string of the molecule is CSCCCCNCc1cc(Br)c(O)c(Br)c1. The fraction of sp³-hybridized carbons (Fsp3) is 0.500. The van der Waals surface area contributed by atoms with Gasteiger partial charge in [0.1, 0.15) is 5.75 Å². The second kappa shape index (κ2) is 8.40. The third-order valence-electron chi connectivity index (χ3n) is 2.36. The number of nitrogens with one attached hydrogen (secondary N) is 1. The van der Waals surface area contributed by atoms with Gasteiger partial charge in [-0.15, -0.1) is 0 Å². The van der Waals surface area contributed by atoms with E-state index >= 15 is 0 Å². The molecule has 0 aromatic heterocycles. The first kappa shape index (κ1) is 15.3. The van der Waals surface area contributed by atoms with Crippen molar-refractivity contribution in [1.82, 2.24) is 5.32 Å². The van der Waals surface area contributed by atoms with E-state index in [4.69, 9.17) is 0 Å². The Morgan fingerprint density at radius 2 is 1.88 bits per heavy atom. The number of rotatable bonds is 7. The largest absolute Gasteiger partial charge is 0.506 e. The number of phenolic OH excluding ortho intramolecular Hbond substituents is 1. The molecule has 0 bridgehead atoms. The summed E-state index contributed by atoms with van der Waals surface area (Å²) in [5.74, 6) is 1.49. The van der Waals surface area contributed by atoms with Crippen LogP contribution in [-0.4, -0.2) is 23.7 Å². The van der Waals surface area contributed by atoms with Crippen LogP contribution in [0.15, 0.2) is 21.1 Å². The Kier molecular flexibility index (Phi) is 7.59. The predicted octanol–water partition coefficient (Wildman–Crippen LogP) is 4.15. The molecule has 1 aromatic carbocycles. The van der Waals surface area contributed by atoms with Crippen LogP contribution in [0.5, 0.6) is 5.75 Å². The Hall–Kier alpha value is 0.290. The molecule has 0 radical (unpaired) electrons. The molecule has 0 aliphatic carbocycles. The molecule has 5 heteroatoms. The van der Waals surface area contributed by atoms with Crippen molar-refractivity contribution in [2.75, 3.05) is 18.6 Å². The van der Waals surface area contributed by atoms with Crippen molar-refractivity contribution < 1.29 is 5.11 Å². The number of aromatic hydroxyl groups is 1. The highest BCUT2D eigenvalue weighted by atomic mass is 79.9. The van der Waals surface area contributed by atoms with Crippen LogP contribution in [0.2, 0.25) is 0 Å². The van der Waals surface area contributed by atoms with Crippen molar-refractivity contribution in [3.8, 4) is 5.75 Å². The smallest absolute Gasteiger partial charge is 0.143 e. The van der Waals surface area contributed by atoms with Crippen LogP contribution < -0.4 is 5.32 Å². The van der Waals surface area contributed by atoms with Gasteiger partial charge in [-0.25, -0.2) is 0 Å². The molecule has 0 saturated carbocycles. The first-order chi connectivity index (χ1) is 8.15. The molecule has 1 aromatic rings. The number of hydrogen-bond acceptors (Lipinski definition) is 3. The Morgan fingerprint density at radius 1 is 1.24 bits per heavy atom. The van der Waals surface area contributed by atoms with Crippen molar-refractivity contribution in [1.29, 1.82) is 0 Å². The van der Waals surface area contributed by atoms with Crippen LogP contribution in [0.3, 0.4) is 0 Å². The van der Waals surface area contributed by atoms with E-state index in [1.54, 1.807) is 0 Å². The molecule has 0 aliphatic heterocycles. The maximum absolute atomic E-state index is 9.58. The lowest BCUT2D eigenvalue weighted by Crippen LogP contribution is -2.14. The van der Waals surface area contributed by atoms with Crippen molar-refractivity contribution in [2.24, 2.45) is 0 Å². The summed E-state index contributed by atoms with van der Waals surface area (Å²) in [5.41, 5.74) is 1.16. The van der Waals surface area contributed by atoms with Gasteiger partial charge in [-0.2, -0.15) is 11.8 Å². The van der Waals surface area contributed by atoms with E-state index in [2.05, 4.69) is 43.4 Å². The summed E-state index contributed by atoms with van der Waals surface area (Å²) in [4.78, 5) is 0. The highest BCUT2D eigenvalue weighted by molar-refractivity contribution is 9.11. The number of benzene rings is 1. The molecule has 0 unspecified atom stereocenters. The van der Waals surface area contributed by atoms with Crippen LogP contribution in [0.25, 0.3) is 0 Å². The molecule has 96 valence electrons. The average Bonchev–Trinajstić information content (AvgIpc) is 2.30. The normalized spacial score (nSPS) is 10.8. The second-order valence-electron chi connectivity index (χ2n) is 3.78. The number of halogens is 2. The molecule has 0 fully saturated rings. The molecule has 0 atom stereocenters. The van der Waals surface area contributed by atoms with Crippen LogP contribution in [-0.2, 0) is 6.54 Å². The van der Waals surface area contributed by atoms with Crippen molar-refractivity contribution in [3.05, 3.63) is 26.6 Å². The second-order valence-corrected chi connectivity index (χ2v) is 6.48. The highest BCUT2D eigenvalue weighted by Gasteiger charge is 2.05. The van der Waals surface area contributed by atoms with Crippen LogP contribution in [0, 0.1) is 0 Å². The van der Waals surface area contributed by atoms with E-state index in [0.717, 1.165) is 27.6 Å². The van der Waals surface area contributed by atoms with E-state index < -0.39 is 0 Å². The lowest BCUT2D eigenvalue weighted by Gasteiger charge is -2.07. The van der Waals surface area contributed by atoms with Gasteiger partial charge in [-0.1, -0.05) is 0 Å². The number of phenols is 1. The first-order valence-corrected chi connectivity index (χ1v) is 8.49. The zero-order valence-corrected chi connectivity index (χ0v) is 13.8. The molecule has 0 spiro atoms. The Labute approximate surface area is 124 Å². The topological polar surface area (TPSA) is 32.3 Å². The minimum Gasteiger partial charge on any atom is -0.506 e. The third-order valence-corrected chi connectivity index (χ3v) is 4.26. The minimum absolute atomic E-state index is 0.258. The van der Waals surface area contributed by atoms with Crippen LogP contribution in [0.4, 0.5) is 0 Å². The molecule has 0 aliphatic rings. The van der Waals surface area contributed by atoms with E-state index in [9.17, 15) is 5.11 Å². The van der Waals surface area contributed by atoms with Crippen LogP contribution >= 0.6 is 43.6 Å².